The number of aryl methyl sites for hydroxylation is 1. The van der Waals surface area contributed by atoms with Crippen molar-refractivity contribution in [2.75, 3.05) is 23.8 Å². The maximum Gasteiger partial charge on any atom is 0.414 e. The molecule has 2 aromatic heterocycles. The number of pyridine rings is 1. The molecule has 0 spiro atoms. The van der Waals surface area contributed by atoms with Gasteiger partial charge in [-0.25, -0.2) is 18.9 Å². The third-order valence-electron chi connectivity index (χ3n) is 6.88. The van der Waals surface area contributed by atoms with Gasteiger partial charge in [0.1, 0.15) is 12.4 Å². The summed E-state index contributed by atoms with van der Waals surface area (Å²) >= 11 is 0. The first-order valence-corrected chi connectivity index (χ1v) is 12.7. The molecule has 1 fully saturated rings. The van der Waals surface area contributed by atoms with Crippen molar-refractivity contribution in [2.24, 2.45) is 0 Å². The predicted octanol–water partition coefficient (Wildman–Crippen LogP) is 5.47. The van der Waals surface area contributed by atoms with Crippen LogP contribution in [-0.2, 0) is 11.2 Å². The van der Waals surface area contributed by atoms with Crippen molar-refractivity contribution in [3.8, 4) is 23.1 Å². The summed E-state index contributed by atoms with van der Waals surface area (Å²) in [5.41, 5.74) is 9.24. The van der Waals surface area contributed by atoms with Gasteiger partial charge in [0, 0.05) is 18.1 Å². The number of nitrogens with two attached hydrogens (primary N) is 1. The average Bonchev–Trinajstić information content (AvgIpc) is 3.67. The minimum Gasteiger partial charge on any atom is -0.447 e. The van der Waals surface area contributed by atoms with E-state index in [4.69, 9.17) is 15.2 Å². The summed E-state index contributed by atoms with van der Waals surface area (Å²) in [7, 11) is 0. The Kier molecular flexibility index (Phi) is 6.77. The number of hydrogen-bond donors (Lipinski definition) is 1. The van der Waals surface area contributed by atoms with Gasteiger partial charge in [0.15, 0.2) is 23.1 Å². The number of alkyl halides is 2. The van der Waals surface area contributed by atoms with Crippen LogP contribution in [0.25, 0.3) is 11.8 Å². The van der Waals surface area contributed by atoms with Crippen LogP contribution in [0.15, 0.2) is 60.4 Å². The fourth-order valence-corrected chi connectivity index (χ4v) is 4.86. The molecule has 2 aliphatic rings. The lowest BCUT2D eigenvalue weighted by Crippen LogP contribution is -2.24. The largest absolute Gasteiger partial charge is 0.447 e. The van der Waals surface area contributed by atoms with Gasteiger partial charge in [-0.05, 0) is 54.0 Å². The van der Waals surface area contributed by atoms with Gasteiger partial charge in [0.2, 0.25) is 5.88 Å². The number of rotatable bonds is 8. The minimum absolute atomic E-state index is 0.0230. The zero-order chi connectivity index (χ0) is 29.5. The van der Waals surface area contributed by atoms with Crippen LogP contribution in [0.4, 0.5) is 29.5 Å². The highest BCUT2D eigenvalue weighted by Gasteiger charge is 2.31. The molecule has 6 rings (SSSR count). The lowest BCUT2D eigenvalue weighted by Gasteiger charge is -2.19. The van der Waals surface area contributed by atoms with Crippen LogP contribution < -0.4 is 20.1 Å². The fraction of sp³-hybridized carbons (Fsp3) is 0.172. The van der Waals surface area contributed by atoms with Gasteiger partial charge in [0.05, 0.1) is 35.9 Å². The Hall–Kier alpha value is -5.33. The quantitative estimate of drug-likeness (QED) is 0.274. The highest BCUT2D eigenvalue weighted by atomic mass is 19.3. The summed E-state index contributed by atoms with van der Waals surface area (Å²) in [5.74, 6) is -0.893. The maximum atomic E-state index is 14.0. The van der Waals surface area contributed by atoms with Crippen molar-refractivity contribution in [2.45, 2.75) is 20.0 Å². The van der Waals surface area contributed by atoms with Gasteiger partial charge in [0.25, 0.3) is 0 Å². The molecule has 0 radical (unpaired) electrons. The predicted molar refractivity (Wildman–Crippen MR) is 145 cm³/mol. The second kappa shape index (κ2) is 10.6. The number of anilines is 2. The number of Topliss-reactive ketones (excluding diaryl/α,β-unsaturated/α-hetero) is 1. The van der Waals surface area contributed by atoms with Crippen LogP contribution >= 0.6 is 0 Å². The van der Waals surface area contributed by atoms with E-state index in [1.165, 1.54) is 40.2 Å². The van der Waals surface area contributed by atoms with Crippen molar-refractivity contribution in [1.82, 2.24) is 14.8 Å². The normalized spacial score (nSPS) is 14.2. The first-order chi connectivity index (χ1) is 20.2. The summed E-state index contributed by atoms with van der Waals surface area (Å²) < 4.78 is 56.8. The monoisotopic (exact) mass is 577 g/mol. The smallest absolute Gasteiger partial charge is 0.414 e. The van der Waals surface area contributed by atoms with Crippen LogP contribution in [0.5, 0.6) is 17.4 Å². The molecule has 2 N–H and O–H groups in total. The lowest BCUT2D eigenvalue weighted by molar-refractivity contribution is -0.0495. The van der Waals surface area contributed by atoms with Crippen LogP contribution in [-0.4, -0.2) is 46.4 Å². The number of cyclic esters (lactones) is 1. The molecule has 3 heterocycles. The third-order valence-corrected chi connectivity index (χ3v) is 6.88. The Morgan fingerprint density at radius 2 is 1.93 bits per heavy atom. The molecule has 10 nitrogen and oxygen atoms in total. The van der Waals surface area contributed by atoms with E-state index in [-0.39, 0.29) is 54.0 Å². The first-order valence-electron chi connectivity index (χ1n) is 12.7. The zero-order valence-electron chi connectivity index (χ0n) is 22.0. The molecule has 4 aromatic rings. The summed E-state index contributed by atoms with van der Waals surface area (Å²) in [5, 5.41) is 4.28. The van der Waals surface area contributed by atoms with Gasteiger partial charge >= 0.3 is 12.7 Å². The van der Waals surface area contributed by atoms with E-state index in [2.05, 4.69) is 14.8 Å². The van der Waals surface area contributed by atoms with Gasteiger partial charge < -0.3 is 19.9 Å². The Balaban J connectivity index is 1.25. The SMILES string of the molecule is Cc1cc(Oc2ccccc2F)ncc1-n1ncc(C(=O)C2=Cc3cc(OC(F)F)c(N4CCOC4=O)cc3C2)c1N. The molecular formula is C29H22F3N5O5. The number of carbonyl (C=O) groups is 2. The standard InChI is InChI=1S/C29H22F3N5O5/c1-15-8-25(41-23-5-3-2-4-20(23)30)34-14-22(15)37-27(33)19(13-35-37)26(38)18-9-16-11-21(36-6-7-40-29(36)39)24(42-28(31)32)12-17(16)10-18/h2-5,8,10-14,28H,6-7,9,33H2,1H3. The van der Waals surface area contributed by atoms with E-state index in [1.807, 2.05) is 0 Å². The minimum atomic E-state index is -3.12. The van der Waals surface area contributed by atoms with E-state index in [0.29, 0.717) is 28.0 Å². The molecule has 13 heteroatoms. The van der Waals surface area contributed by atoms with Crippen molar-refractivity contribution < 1.29 is 37.0 Å². The fourth-order valence-electron chi connectivity index (χ4n) is 4.86. The van der Waals surface area contributed by atoms with Crippen LogP contribution in [0.3, 0.4) is 0 Å². The number of ketones is 1. The third kappa shape index (κ3) is 4.89. The van der Waals surface area contributed by atoms with Gasteiger partial charge in [-0.1, -0.05) is 12.1 Å². The number of aromatic nitrogens is 3. The molecule has 1 amide bonds. The van der Waals surface area contributed by atoms with E-state index >= 15 is 0 Å². The summed E-state index contributed by atoms with van der Waals surface area (Å²) in [6.45, 7) is -1.06. The van der Waals surface area contributed by atoms with Crippen LogP contribution in [0.2, 0.25) is 0 Å². The van der Waals surface area contributed by atoms with Gasteiger partial charge in [-0.2, -0.15) is 13.9 Å². The van der Waals surface area contributed by atoms with Gasteiger partial charge in [-0.3, -0.25) is 9.69 Å². The number of ether oxygens (including phenoxy) is 3. The second-order valence-electron chi connectivity index (χ2n) is 9.54. The van der Waals surface area contributed by atoms with Crippen LogP contribution in [0.1, 0.15) is 27.0 Å². The van der Waals surface area contributed by atoms with Gasteiger partial charge in [-0.15, -0.1) is 0 Å². The molecule has 1 saturated heterocycles. The second-order valence-corrected chi connectivity index (χ2v) is 9.54. The Bertz CT molecular complexity index is 1770. The first kappa shape index (κ1) is 26.9. The maximum absolute atomic E-state index is 14.0. The number of amides is 1. The number of benzene rings is 2. The number of hydrogen-bond acceptors (Lipinski definition) is 8. The number of nitrogens with zero attached hydrogens (tertiary/aromatic N) is 4. The Labute approximate surface area is 236 Å². The van der Waals surface area contributed by atoms with Crippen molar-refractivity contribution in [1.29, 1.82) is 0 Å². The van der Waals surface area contributed by atoms with Crippen LogP contribution in [0, 0.1) is 12.7 Å². The van der Waals surface area contributed by atoms with E-state index in [9.17, 15) is 22.8 Å². The van der Waals surface area contributed by atoms with E-state index in [0.717, 1.165) is 0 Å². The molecule has 0 saturated carbocycles. The summed E-state index contributed by atoms with van der Waals surface area (Å²) in [6.07, 6.45) is 3.85. The Morgan fingerprint density at radius 3 is 2.64 bits per heavy atom. The highest BCUT2D eigenvalue weighted by Crippen LogP contribution is 2.39. The molecule has 214 valence electrons. The summed E-state index contributed by atoms with van der Waals surface area (Å²) in [4.78, 5) is 31.0. The molecule has 0 atom stereocenters. The molecular weight excluding hydrogens is 555 g/mol. The van der Waals surface area contributed by atoms with E-state index < -0.39 is 24.3 Å². The van der Waals surface area contributed by atoms with Crippen molar-refractivity contribution in [3.05, 3.63) is 88.5 Å². The Morgan fingerprint density at radius 1 is 1.12 bits per heavy atom. The highest BCUT2D eigenvalue weighted by molar-refractivity contribution is 6.15. The van der Waals surface area contributed by atoms with Crippen molar-refractivity contribution in [3.63, 3.8) is 0 Å². The van der Waals surface area contributed by atoms with E-state index in [1.54, 1.807) is 37.3 Å². The summed E-state index contributed by atoms with van der Waals surface area (Å²) in [6, 6.07) is 10.4. The molecule has 0 bridgehead atoms. The molecule has 1 aliphatic carbocycles. The topological polar surface area (TPSA) is 122 Å². The average molecular weight is 578 g/mol. The number of halogens is 3. The molecule has 2 aromatic carbocycles. The number of para-hydroxylation sites is 1. The molecule has 42 heavy (non-hydrogen) atoms. The molecule has 1 aliphatic heterocycles. The number of nitrogen functional groups attached to an aromatic ring is 1. The zero-order valence-corrected chi connectivity index (χ0v) is 22.0. The number of fused-ring (bicyclic) bond motifs is 1. The van der Waals surface area contributed by atoms with Crippen molar-refractivity contribution >= 4 is 29.5 Å². The lowest BCUT2D eigenvalue weighted by atomic mass is 10.0. The number of allylic oxidation sites excluding steroid dienone is 1. The number of carbonyl (C=O) groups excluding carboxylic acids is 2. The molecule has 0 unspecified atom stereocenters.